The SMILES string of the molecule is NC(=O)CC1CCN(c2c(N)cccc2C(N)=O)CC1. The number of carbonyl (C=O) groups excluding carboxylic acids is 2. The number of carbonyl (C=O) groups is 2. The first-order valence-electron chi connectivity index (χ1n) is 6.70. The number of hydrogen-bond donors (Lipinski definition) is 3. The Hall–Kier alpha value is -2.24. The molecule has 0 bridgehead atoms. The fraction of sp³-hybridized carbons (Fsp3) is 0.429. The van der Waals surface area contributed by atoms with E-state index < -0.39 is 5.91 Å². The monoisotopic (exact) mass is 276 g/mol. The predicted molar refractivity (Wildman–Crippen MR) is 78.1 cm³/mol. The maximum atomic E-state index is 11.5. The second-order valence-corrected chi connectivity index (χ2v) is 5.21. The Labute approximate surface area is 117 Å². The summed E-state index contributed by atoms with van der Waals surface area (Å²) in [7, 11) is 0. The van der Waals surface area contributed by atoms with E-state index in [4.69, 9.17) is 17.2 Å². The highest BCUT2D eigenvalue weighted by atomic mass is 16.1. The fourth-order valence-corrected chi connectivity index (χ4v) is 2.76. The molecule has 1 aromatic carbocycles. The summed E-state index contributed by atoms with van der Waals surface area (Å²) in [5.74, 6) is -0.433. The third kappa shape index (κ3) is 3.01. The first-order valence-corrected chi connectivity index (χ1v) is 6.70. The van der Waals surface area contributed by atoms with Crippen molar-refractivity contribution in [2.75, 3.05) is 23.7 Å². The molecule has 0 radical (unpaired) electrons. The molecule has 1 heterocycles. The summed E-state index contributed by atoms with van der Waals surface area (Å²) in [4.78, 5) is 24.5. The Morgan fingerprint density at radius 1 is 1.20 bits per heavy atom. The molecule has 0 unspecified atom stereocenters. The van der Waals surface area contributed by atoms with E-state index >= 15 is 0 Å². The van der Waals surface area contributed by atoms with Crippen molar-refractivity contribution in [2.24, 2.45) is 17.4 Å². The molecule has 0 spiro atoms. The van der Waals surface area contributed by atoms with Gasteiger partial charge in [0.05, 0.1) is 16.9 Å². The lowest BCUT2D eigenvalue weighted by Crippen LogP contribution is -2.36. The molecule has 20 heavy (non-hydrogen) atoms. The van der Waals surface area contributed by atoms with Gasteiger partial charge in [-0.1, -0.05) is 6.07 Å². The number of primary amides is 2. The smallest absolute Gasteiger partial charge is 0.250 e. The van der Waals surface area contributed by atoms with Gasteiger partial charge in [0.25, 0.3) is 5.91 Å². The van der Waals surface area contributed by atoms with Gasteiger partial charge in [0, 0.05) is 19.5 Å². The highest BCUT2D eigenvalue weighted by Gasteiger charge is 2.24. The number of amides is 2. The lowest BCUT2D eigenvalue weighted by atomic mass is 9.92. The van der Waals surface area contributed by atoms with Crippen LogP contribution in [0.2, 0.25) is 0 Å². The number of nitrogens with zero attached hydrogens (tertiary/aromatic N) is 1. The summed E-state index contributed by atoms with van der Waals surface area (Å²) >= 11 is 0. The van der Waals surface area contributed by atoms with E-state index in [-0.39, 0.29) is 5.91 Å². The van der Waals surface area contributed by atoms with E-state index in [0.29, 0.717) is 29.3 Å². The van der Waals surface area contributed by atoms with E-state index in [1.54, 1.807) is 18.2 Å². The number of benzene rings is 1. The molecule has 2 rings (SSSR count). The summed E-state index contributed by atoms with van der Waals surface area (Å²) < 4.78 is 0. The second-order valence-electron chi connectivity index (χ2n) is 5.21. The molecule has 0 atom stereocenters. The van der Waals surface area contributed by atoms with Gasteiger partial charge in [-0.15, -0.1) is 0 Å². The molecule has 6 nitrogen and oxygen atoms in total. The van der Waals surface area contributed by atoms with Crippen LogP contribution in [0.25, 0.3) is 0 Å². The number of rotatable bonds is 4. The molecular weight excluding hydrogens is 256 g/mol. The van der Waals surface area contributed by atoms with Crippen molar-refractivity contribution in [1.82, 2.24) is 0 Å². The molecule has 1 aromatic rings. The number of nitrogens with two attached hydrogens (primary N) is 3. The van der Waals surface area contributed by atoms with Gasteiger partial charge in [-0.3, -0.25) is 9.59 Å². The lowest BCUT2D eigenvalue weighted by Gasteiger charge is -2.34. The van der Waals surface area contributed by atoms with E-state index in [0.717, 1.165) is 25.9 Å². The summed E-state index contributed by atoms with van der Waals surface area (Å²) in [6, 6.07) is 5.17. The maximum Gasteiger partial charge on any atom is 0.250 e. The molecule has 6 N–H and O–H groups in total. The molecule has 0 aliphatic carbocycles. The van der Waals surface area contributed by atoms with Gasteiger partial charge in [0.1, 0.15) is 0 Å². The summed E-state index contributed by atoms with van der Waals surface area (Å²) in [6.45, 7) is 1.48. The van der Waals surface area contributed by atoms with Crippen LogP contribution in [-0.4, -0.2) is 24.9 Å². The van der Waals surface area contributed by atoms with Gasteiger partial charge in [-0.25, -0.2) is 0 Å². The Balaban J connectivity index is 2.14. The van der Waals surface area contributed by atoms with Crippen LogP contribution in [-0.2, 0) is 4.79 Å². The van der Waals surface area contributed by atoms with Crippen molar-refractivity contribution in [2.45, 2.75) is 19.3 Å². The molecule has 0 saturated carbocycles. The molecule has 1 fully saturated rings. The second kappa shape index (κ2) is 5.81. The molecule has 0 aromatic heterocycles. The summed E-state index contributed by atoms with van der Waals surface area (Å²) in [5.41, 5.74) is 18.3. The normalized spacial score (nSPS) is 16.1. The lowest BCUT2D eigenvalue weighted by molar-refractivity contribution is -0.119. The quantitative estimate of drug-likeness (QED) is 0.693. The van der Waals surface area contributed by atoms with E-state index in [2.05, 4.69) is 4.90 Å². The largest absolute Gasteiger partial charge is 0.397 e. The minimum atomic E-state index is -0.480. The topological polar surface area (TPSA) is 115 Å². The predicted octanol–water partition coefficient (Wildman–Crippen LogP) is 0.459. The average Bonchev–Trinajstić information content (AvgIpc) is 2.39. The van der Waals surface area contributed by atoms with Crippen LogP contribution in [0.1, 0.15) is 29.6 Å². The zero-order valence-electron chi connectivity index (χ0n) is 11.3. The van der Waals surface area contributed by atoms with Crippen LogP contribution in [0, 0.1) is 5.92 Å². The highest BCUT2D eigenvalue weighted by Crippen LogP contribution is 2.32. The van der Waals surface area contributed by atoms with Crippen LogP contribution < -0.4 is 22.1 Å². The fourth-order valence-electron chi connectivity index (χ4n) is 2.76. The number of para-hydroxylation sites is 1. The molecule has 2 amide bonds. The Kier molecular flexibility index (Phi) is 4.12. The minimum Gasteiger partial charge on any atom is -0.397 e. The molecule has 6 heteroatoms. The van der Waals surface area contributed by atoms with Crippen molar-refractivity contribution in [3.8, 4) is 0 Å². The minimum absolute atomic E-state index is 0.263. The van der Waals surface area contributed by atoms with Crippen molar-refractivity contribution in [3.05, 3.63) is 23.8 Å². The third-order valence-electron chi connectivity index (χ3n) is 3.75. The standard InChI is InChI=1S/C14H20N4O2/c15-11-3-1-2-10(14(17)20)13(11)18-6-4-9(5-7-18)8-12(16)19/h1-3,9H,4-8,15H2,(H2,16,19)(H2,17,20). The highest BCUT2D eigenvalue weighted by molar-refractivity contribution is 6.01. The van der Waals surface area contributed by atoms with Crippen LogP contribution >= 0.6 is 0 Å². The van der Waals surface area contributed by atoms with Gasteiger partial charge in [0.15, 0.2) is 0 Å². The number of anilines is 2. The zero-order valence-corrected chi connectivity index (χ0v) is 11.3. The number of hydrogen-bond acceptors (Lipinski definition) is 4. The first kappa shape index (κ1) is 14.2. The maximum absolute atomic E-state index is 11.5. The molecule has 1 aliphatic rings. The Morgan fingerprint density at radius 2 is 1.85 bits per heavy atom. The van der Waals surface area contributed by atoms with E-state index in [9.17, 15) is 9.59 Å². The van der Waals surface area contributed by atoms with Gasteiger partial charge >= 0.3 is 0 Å². The summed E-state index contributed by atoms with van der Waals surface area (Å²) in [5, 5.41) is 0. The van der Waals surface area contributed by atoms with Crippen molar-refractivity contribution in [3.63, 3.8) is 0 Å². The molecular formula is C14H20N4O2. The number of piperidine rings is 1. The van der Waals surface area contributed by atoms with Crippen LogP contribution in [0.15, 0.2) is 18.2 Å². The molecule has 108 valence electrons. The molecule has 1 aliphatic heterocycles. The average molecular weight is 276 g/mol. The van der Waals surface area contributed by atoms with Crippen molar-refractivity contribution in [1.29, 1.82) is 0 Å². The molecule has 1 saturated heterocycles. The van der Waals surface area contributed by atoms with Crippen molar-refractivity contribution >= 4 is 23.2 Å². The summed E-state index contributed by atoms with van der Waals surface area (Å²) in [6.07, 6.45) is 2.13. The third-order valence-corrected chi connectivity index (χ3v) is 3.75. The number of nitrogen functional groups attached to an aromatic ring is 1. The van der Waals surface area contributed by atoms with Crippen LogP contribution in [0.5, 0.6) is 0 Å². The van der Waals surface area contributed by atoms with Crippen LogP contribution in [0.4, 0.5) is 11.4 Å². The van der Waals surface area contributed by atoms with Gasteiger partial charge in [0.2, 0.25) is 5.91 Å². The van der Waals surface area contributed by atoms with Gasteiger partial charge in [-0.2, -0.15) is 0 Å². The van der Waals surface area contributed by atoms with Gasteiger partial charge < -0.3 is 22.1 Å². The van der Waals surface area contributed by atoms with Gasteiger partial charge in [-0.05, 0) is 30.9 Å². The van der Waals surface area contributed by atoms with Crippen molar-refractivity contribution < 1.29 is 9.59 Å². The van der Waals surface area contributed by atoms with E-state index in [1.165, 1.54) is 0 Å². The van der Waals surface area contributed by atoms with E-state index in [1.807, 2.05) is 0 Å². The van der Waals surface area contributed by atoms with Crippen LogP contribution in [0.3, 0.4) is 0 Å². The Morgan fingerprint density at radius 3 is 2.40 bits per heavy atom. The zero-order chi connectivity index (χ0) is 14.7. The first-order chi connectivity index (χ1) is 9.49. The Bertz CT molecular complexity index is 522.